The highest BCUT2D eigenvalue weighted by Crippen LogP contribution is 2.24. The molecule has 0 radical (unpaired) electrons. The molecular formula is C14H12BrClFN. The van der Waals surface area contributed by atoms with Crippen molar-refractivity contribution >= 4 is 33.2 Å². The fourth-order valence-electron chi connectivity index (χ4n) is 1.58. The van der Waals surface area contributed by atoms with Gasteiger partial charge in [-0.05, 0) is 42.3 Å². The Hall–Kier alpha value is -1.06. The minimum Gasteiger partial charge on any atom is -0.380 e. The first-order chi connectivity index (χ1) is 8.56. The van der Waals surface area contributed by atoms with E-state index in [4.69, 9.17) is 11.6 Å². The van der Waals surface area contributed by atoms with Gasteiger partial charge < -0.3 is 5.32 Å². The largest absolute Gasteiger partial charge is 0.380 e. The molecule has 0 spiro atoms. The molecule has 0 aromatic heterocycles. The maximum Gasteiger partial charge on any atom is 0.125 e. The van der Waals surface area contributed by atoms with Crippen molar-refractivity contribution in [3.63, 3.8) is 0 Å². The summed E-state index contributed by atoms with van der Waals surface area (Å²) in [7, 11) is 0. The van der Waals surface area contributed by atoms with Crippen LogP contribution in [-0.4, -0.2) is 0 Å². The lowest BCUT2D eigenvalue weighted by atomic mass is 10.1. The normalized spacial score (nSPS) is 10.4. The van der Waals surface area contributed by atoms with Gasteiger partial charge in [0.2, 0.25) is 0 Å². The predicted octanol–water partition coefficient (Wildman–Crippen LogP) is 5.16. The van der Waals surface area contributed by atoms with Gasteiger partial charge in [0.15, 0.2) is 0 Å². The maximum absolute atomic E-state index is 13.1. The van der Waals surface area contributed by atoms with E-state index >= 15 is 0 Å². The highest BCUT2D eigenvalue weighted by molar-refractivity contribution is 9.10. The van der Waals surface area contributed by atoms with Gasteiger partial charge in [0.05, 0.1) is 10.7 Å². The SMILES string of the molecule is Cc1ccc(CNc2cc(F)ccc2Cl)cc1Br. The van der Waals surface area contributed by atoms with E-state index in [9.17, 15) is 4.39 Å². The molecule has 94 valence electrons. The Bertz CT molecular complexity index is 572. The van der Waals surface area contributed by atoms with Crippen LogP contribution in [0.3, 0.4) is 0 Å². The second-order valence-corrected chi connectivity index (χ2v) is 5.32. The highest BCUT2D eigenvalue weighted by Gasteiger charge is 2.03. The molecule has 2 aromatic rings. The van der Waals surface area contributed by atoms with Gasteiger partial charge in [-0.2, -0.15) is 0 Å². The summed E-state index contributed by atoms with van der Waals surface area (Å²) in [5.74, 6) is -0.299. The fraction of sp³-hybridized carbons (Fsp3) is 0.143. The molecule has 2 aromatic carbocycles. The van der Waals surface area contributed by atoms with E-state index in [0.717, 1.165) is 10.0 Å². The van der Waals surface area contributed by atoms with E-state index in [-0.39, 0.29) is 5.82 Å². The molecule has 0 bridgehead atoms. The molecule has 0 fully saturated rings. The lowest BCUT2D eigenvalue weighted by molar-refractivity contribution is 0.628. The summed E-state index contributed by atoms with van der Waals surface area (Å²) in [4.78, 5) is 0. The molecule has 0 aliphatic carbocycles. The Kier molecular flexibility index (Phi) is 4.25. The number of rotatable bonds is 3. The number of aryl methyl sites for hydroxylation is 1. The van der Waals surface area contributed by atoms with Crippen LogP contribution < -0.4 is 5.32 Å². The molecule has 0 atom stereocenters. The van der Waals surface area contributed by atoms with Crippen LogP contribution in [0.15, 0.2) is 40.9 Å². The number of benzene rings is 2. The summed E-state index contributed by atoms with van der Waals surface area (Å²) in [6.07, 6.45) is 0. The zero-order valence-electron chi connectivity index (χ0n) is 9.81. The van der Waals surface area contributed by atoms with Crippen LogP contribution in [-0.2, 0) is 6.54 Å². The van der Waals surface area contributed by atoms with Crippen molar-refractivity contribution in [3.05, 3.63) is 62.8 Å². The molecule has 0 saturated heterocycles. The van der Waals surface area contributed by atoms with Gasteiger partial charge in [0.25, 0.3) is 0 Å². The molecule has 0 unspecified atom stereocenters. The van der Waals surface area contributed by atoms with Crippen molar-refractivity contribution in [2.45, 2.75) is 13.5 Å². The van der Waals surface area contributed by atoms with Crippen LogP contribution >= 0.6 is 27.5 Å². The first-order valence-electron chi connectivity index (χ1n) is 5.50. The fourth-order valence-corrected chi connectivity index (χ4v) is 2.19. The second-order valence-electron chi connectivity index (χ2n) is 4.06. The summed E-state index contributed by atoms with van der Waals surface area (Å²) in [5.41, 5.74) is 2.89. The van der Waals surface area contributed by atoms with E-state index in [0.29, 0.717) is 17.3 Å². The molecule has 1 N–H and O–H groups in total. The van der Waals surface area contributed by atoms with Crippen molar-refractivity contribution in [1.82, 2.24) is 0 Å². The zero-order valence-corrected chi connectivity index (χ0v) is 12.1. The quantitative estimate of drug-likeness (QED) is 0.820. The Morgan fingerprint density at radius 2 is 2.00 bits per heavy atom. The lowest BCUT2D eigenvalue weighted by Gasteiger charge is -2.09. The number of nitrogens with one attached hydrogen (secondary N) is 1. The molecule has 0 amide bonds. The third kappa shape index (κ3) is 3.24. The number of hydrogen-bond acceptors (Lipinski definition) is 1. The van der Waals surface area contributed by atoms with Gasteiger partial charge in [-0.1, -0.05) is 39.7 Å². The van der Waals surface area contributed by atoms with Crippen molar-refractivity contribution < 1.29 is 4.39 Å². The number of anilines is 1. The van der Waals surface area contributed by atoms with Gasteiger partial charge in [-0.3, -0.25) is 0 Å². The minimum absolute atomic E-state index is 0.299. The van der Waals surface area contributed by atoms with E-state index in [1.165, 1.54) is 17.7 Å². The summed E-state index contributed by atoms with van der Waals surface area (Å²) in [5, 5.41) is 3.64. The second kappa shape index (κ2) is 5.72. The summed E-state index contributed by atoms with van der Waals surface area (Å²) in [6.45, 7) is 2.63. The van der Waals surface area contributed by atoms with Crippen LogP contribution in [0.4, 0.5) is 10.1 Å². The molecule has 4 heteroatoms. The van der Waals surface area contributed by atoms with Crippen molar-refractivity contribution in [2.75, 3.05) is 5.32 Å². The van der Waals surface area contributed by atoms with Gasteiger partial charge >= 0.3 is 0 Å². The lowest BCUT2D eigenvalue weighted by Crippen LogP contribution is -2.00. The van der Waals surface area contributed by atoms with E-state index in [2.05, 4.69) is 21.2 Å². The van der Waals surface area contributed by atoms with Gasteiger partial charge in [-0.15, -0.1) is 0 Å². The minimum atomic E-state index is -0.299. The highest BCUT2D eigenvalue weighted by atomic mass is 79.9. The Morgan fingerprint density at radius 1 is 1.22 bits per heavy atom. The summed E-state index contributed by atoms with van der Waals surface area (Å²) in [6, 6.07) is 10.4. The number of hydrogen-bond donors (Lipinski definition) is 1. The van der Waals surface area contributed by atoms with Crippen molar-refractivity contribution in [1.29, 1.82) is 0 Å². The Morgan fingerprint density at radius 3 is 2.72 bits per heavy atom. The van der Waals surface area contributed by atoms with Gasteiger partial charge in [0.1, 0.15) is 5.82 Å². The molecule has 1 nitrogen and oxygen atoms in total. The monoisotopic (exact) mass is 327 g/mol. The van der Waals surface area contributed by atoms with Gasteiger partial charge in [-0.25, -0.2) is 4.39 Å². The molecular weight excluding hydrogens is 317 g/mol. The zero-order chi connectivity index (χ0) is 13.1. The number of halogens is 3. The topological polar surface area (TPSA) is 12.0 Å². The van der Waals surface area contributed by atoms with Crippen LogP contribution in [0.2, 0.25) is 5.02 Å². The van der Waals surface area contributed by atoms with Crippen LogP contribution in [0.25, 0.3) is 0 Å². The molecule has 0 aliphatic heterocycles. The average Bonchev–Trinajstić information content (AvgIpc) is 2.34. The van der Waals surface area contributed by atoms with Crippen LogP contribution in [0.5, 0.6) is 0 Å². The molecule has 0 aliphatic rings. The first kappa shape index (κ1) is 13.4. The Labute approximate surface area is 119 Å². The van der Waals surface area contributed by atoms with E-state index in [1.807, 2.05) is 25.1 Å². The molecule has 2 rings (SSSR count). The van der Waals surface area contributed by atoms with E-state index < -0.39 is 0 Å². The average molecular weight is 329 g/mol. The summed E-state index contributed by atoms with van der Waals surface area (Å²) < 4.78 is 14.1. The predicted molar refractivity (Wildman–Crippen MR) is 77.6 cm³/mol. The third-order valence-corrected chi connectivity index (χ3v) is 3.83. The van der Waals surface area contributed by atoms with Crippen LogP contribution in [0.1, 0.15) is 11.1 Å². The maximum atomic E-state index is 13.1. The van der Waals surface area contributed by atoms with Crippen molar-refractivity contribution in [3.8, 4) is 0 Å². The van der Waals surface area contributed by atoms with Crippen molar-refractivity contribution in [2.24, 2.45) is 0 Å². The first-order valence-corrected chi connectivity index (χ1v) is 6.67. The van der Waals surface area contributed by atoms with Gasteiger partial charge in [0, 0.05) is 11.0 Å². The standard InChI is InChI=1S/C14H12BrClFN/c1-9-2-3-10(6-12(9)15)8-18-14-7-11(17)4-5-13(14)16/h2-7,18H,8H2,1H3. The smallest absolute Gasteiger partial charge is 0.125 e. The van der Waals surface area contributed by atoms with Crippen LogP contribution in [0, 0.1) is 12.7 Å². The third-order valence-electron chi connectivity index (χ3n) is 2.65. The Balaban J connectivity index is 2.11. The molecule has 0 heterocycles. The molecule has 18 heavy (non-hydrogen) atoms. The molecule has 0 saturated carbocycles. The summed E-state index contributed by atoms with van der Waals surface area (Å²) >= 11 is 9.47. The van der Waals surface area contributed by atoms with E-state index in [1.54, 1.807) is 6.07 Å².